The molecule has 2 atom stereocenters. The van der Waals surface area contributed by atoms with Crippen LogP contribution < -0.4 is 0 Å². The van der Waals surface area contributed by atoms with Gasteiger partial charge in [0.1, 0.15) is 0 Å². The lowest BCUT2D eigenvalue weighted by Gasteiger charge is -2.18. The Morgan fingerprint density at radius 1 is 1.47 bits per heavy atom. The van der Waals surface area contributed by atoms with Gasteiger partial charge in [-0.1, -0.05) is 12.1 Å². The number of esters is 1. The molecule has 0 radical (unpaired) electrons. The van der Waals surface area contributed by atoms with E-state index in [9.17, 15) is 25.1 Å². The summed E-state index contributed by atoms with van der Waals surface area (Å²) in [6.45, 7) is 1.20. The molecule has 0 spiro atoms. The van der Waals surface area contributed by atoms with Crippen molar-refractivity contribution in [1.82, 2.24) is 0 Å². The monoisotopic (exact) mass is 265 g/mol. The Morgan fingerprint density at radius 2 is 2.11 bits per heavy atom. The molecule has 1 fully saturated rings. The standard InChI is InChI=1S/C12H11NO6/c1-12(16)8(10(14)19-11(12)15)6-7-4-2-3-5-9(7)13(17)18/h2-6,11,15-16H,1H3/b8-6+/t11-,12+/m0/s1. The van der Waals surface area contributed by atoms with E-state index in [1.54, 1.807) is 6.07 Å². The number of carbonyl (C=O) groups excluding carboxylic acids is 1. The maximum atomic E-state index is 11.5. The van der Waals surface area contributed by atoms with Gasteiger partial charge in [0, 0.05) is 6.07 Å². The van der Waals surface area contributed by atoms with E-state index in [0.717, 1.165) is 6.08 Å². The van der Waals surface area contributed by atoms with Crippen molar-refractivity contribution >= 4 is 17.7 Å². The first-order valence-corrected chi connectivity index (χ1v) is 5.41. The summed E-state index contributed by atoms with van der Waals surface area (Å²) >= 11 is 0. The van der Waals surface area contributed by atoms with Crippen LogP contribution in [0.2, 0.25) is 0 Å². The van der Waals surface area contributed by atoms with Gasteiger partial charge in [0.2, 0.25) is 6.29 Å². The highest BCUT2D eigenvalue weighted by atomic mass is 16.7. The van der Waals surface area contributed by atoms with E-state index in [0.29, 0.717) is 0 Å². The number of hydrogen-bond donors (Lipinski definition) is 2. The zero-order valence-corrected chi connectivity index (χ0v) is 9.94. The molecule has 2 rings (SSSR count). The third kappa shape index (κ3) is 2.20. The topological polar surface area (TPSA) is 110 Å². The van der Waals surface area contributed by atoms with Gasteiger partial charge in [-0.25, -0.2) is 4.79 Å². The lowest BCUT2D eigenvalue weighted by molar-refractivity contribution is -0.385. The Hall–Kier alpha value is -2.25. The Labute approximate surface area is 107 Å². The summed E-state index contributed by atoms with van der Waals surface area (Å²) in [7, 11) is 0. The van der Waals surface area contributed by atoms with Gasteiger partial charge in [0.05, 0.1) is 16.1 Å². The SMILES string of the molecule is C[C@@]1(O)/C(=C/c2ccccc2[N+](=O)[O-])C(=O)O[C@@H]1O. The number of nitro groups is 1. The van der Waals surface area contributed by atoms with E-state index in [1.807, 2.05) is 0 Å². The number of rotatable bonds is 2. The molecule has 2 N–H and O–H groups in total. The Morgan fingerprint density at radius 3 is 2.63 bits per heavy atom. The van der Waals surface area contributed by atoms with Crippen LogP contribution in [0.15, 0.2) is 29.8 Å². The molecule has 100 valence electrons. The Balaban J connectivity index is 2.53. The van der Waals surface area contributed by atoms with Crippen LogP contribution in [0, 0.1) is 10.1 Å². The maximum Gasteiger partial charge on any atom is 0.339 e. The highest BCUT2D eigenvalue weighted by Crippen LogP contribution is 2.33. The van der Waals surface area contributed by atoms with E-state index < -0.39 is 22.8 Å². The number of benzene rings is 1. The molecule has 1 heterocycles. The molecule has 19 heavy (non-hydrogen) atoms. The second-order valence-electron chi connectivity index (χ2n) is 4.28. The van der Waals surface area contributed by atoms with Gasteiger partial charge in [0.15, 0.2) is 5.60 Å². The quantitative estimate of drug-likeness (QED) is 0.351. The first kappa shape index (κ1) is 13.2. The lowest BCUT2D eigenvalue weighted by Crippen LogP contribution is -2.35. The summed E-state index contributed by atoms with van der Waals surface area (Å²) in [5, 5.41) is 30.2. The molecule has 1 aromatic carbocycles. The molecule has 0 saturated carbocycles. The van der Waals surface area contributed by atoms with Crippen LogP contribution in [0.3, 0.4) is 0 Å². The summed E-state index contributed by atoms with van der Waals surface area (Å²) in [4.78, 5) is 21.8. The van der Waals surface area contributed by atoms with Crippen LogP contribution in [0.5, 0.6) is 0 Å². The summed E-state index contributed by atoms with van der Waals surface area (Å²) in [5.74, 6) is -0.907. The van der Waals surface area contributed by atoms with E-state index >= 15 is 0 Å². The maximum absolute atomic E-state index is 11.5. The van der Waals surface area contributed by atoms with Gasteiger partial charge in [-0.3, -0.25) is 10.1 Å². The molecule has 1 aliphatic rings. The average Bonchev–Trinajstić information content (AvgIpc) is 2.52. The molecule has 1 saturated heterocycles. The third-order valence-electron chi connectivity index (χ3n) is 2.90. The Kier molecular flexibility index (Phi) is 3.09. The van der Waals surface area contributed by atoms with E-state index in [1.165, 1.54) is 25.1 Å². The number of hydrogen-bond acceptors (Lipinski definition) is 6. The molecule has 0 amide bonds. The predicted octanol–water partition coefficient (Wildman–Crippen LogP) is 0.604. The fraction of sp³-hybridized carbons (Fsp3) is 0.250. The number of nitrogens with zero attached hydrogens (tertiary/aromatic N) is 1. The normalized spacial score (nSPS) is 28.5. The second kappa shape index (κ2) is 4.45. The fourth-order valence-corrected chi connectivity index (χ4v) is 1.76. The van der Waals surface area contributed by atoms with E-state index in [4.69, 9.17) is 0 Å². The van der Waals surface area contributed by atoms with Crippen molar-refractivity contribution < 1.29 is 24.7 Å². The number of carbonyl (C=O) groups is 1. The van der Waals surface area contributed by atoms with Crippen molar-refractivity contribution in [2.45, 2.75) is 18.8 Å². The number of cyclic esters (lactones) is 1. The van der Waals surface area contributed by atoms with Crippen molar-refractivity contribution in [3.63, 3.8) is 0 Å². The molecule has 0 unspecified atom stereocenters. The van der Waals surface area contributed by atoms with Gasteiger partial charge in [-0.2, -0.15) is 0 Å². The summed E-state index contributed by atoms with van der Waals surface area (Å²) in [6.07, 6.45) is -0.537. The molecule has 1 aliphatic heterocycles. The average molecular weight is 265 g/mol. The van der Waals surface area contributed by atoms with Crippen molar-refractivity contribution in [3.8, 4) is 0 Å². The van der Waals surface area contributed by atoms with Gasteiger partial charge >= 0.3 is 5.97 Å². The number of para-hydroxylation sites is 1. The first-order valence-electron chi connectivity index (χ1n) is 5.41. The van der Waals surface area contributed by atoms with Crippen molar-refractivity contribution in [2.75, 3.05) is 0 Å². The highest BCUT2D eigenvalue weighted by Gasteiger charge is 2.48. The number of nitro benzene ring substituents is 1. The minimum absolute atomic E-state index is 0.147. The largest absolute Gasteiger partial charge is 0.429 e. The Bertz CT molecular complexity index is 577. The number of aliphatic hydroxyl groups is 2. The molecular formula is C12H11NO6. The summed E-state index contributed by atoms with van der Waals surface area (Å²) < 4.78 is 4.49. The molecular weight excluding hydrogens is 254 g/mol. The number of ether oxygens (including phenoxy) is 1. The molecule has 0 aromatic heterocycles. The van der Waals surface area contributed by atoms with Crippen molar-refractivity contribution in [3.05, 3.63) is 45.5 Å². The summed E-state index contributed by atoms with van der Waals surface area (Å²) in [6, 6.07) is 5.75. The molecule has 0 aliphatic carbocycles. The van der Waals surface area contributed by atoms with Gasteiger partial charge in [0.25, 0.3) is 5.69 Å². The molecule has 7 heteroatoms. The predicted molar refractivity (Wildman–Crippen MR) is 63.8 cm³/mol. The van der Waals surface area contributed by atoms with Crippen molar-refractivity contribution in [2.24, 2.45) is 0 Å². The van der Waals surface area contributed by atoms with Gasteiger partial charge in [-0.15, -0.1) is 0 Å². The number of aliphatic hydroxyl groups excluding tert-OH is 1. The van der Waals surface area contributed by atoms with Crippen LogP contribution in [0.4, 0.5) is 5.69 Å². The van der Waals surface area contributed by atoms with Crippen LogP contribution in [-0.2, 0) is 9.53 Å². The summed E-state index contributed by atoms with van der Waals surface area (Å²) in [5.41, 5.74) is -2.19. The van der Waals surface area contributed by atoms with Crippen LogP contribution in [0.25, 0.3) is 6.08 Å². The van der Waals surface area contributed by atoms with Crippen molar-refractivity contribution in [1.29, 1.82) is 0 Å². The third-order valence-corrected chi connectivity index (χ3v) is 2.90. The van der Waals surface area contributed by atoms with Crippen LogP contribution in [-0.4, -0.2) is 33.0 Å². The molecule has 7 nitrogen and oxygen atoms in total. The zero-order valence-electron chi connectivity index (χ0n) is 9.94. The van der Waals surface area contributed by atoms with E-state index in [2.05, 4.69) is 4.74 Å². The second-order valence-corrected chi connectivity index (χ2v) is 4.28. The first-order chi connectivity index (χ1) is 8.84. The van der Waals surface area contributed by atoms with Gasteiger partial charge < -0.3 is 14.9 Å². The van der Waals surface area contributed by atoms with E-state index in [-0.39, 0.29) is 16.8 Å². The molecule has 1 aromatic rings. The highest BCUT2D eigenvalue weighted by molar-refractivity contribution is 5.98. The smallest absolute Gasteiger partial charge is 0.339 e. The van der Waals surface area contributed by atoms with Crippen LogP contribution >= 0.6 is 0 Å². The van der Waals surface area contributed by atoms with Crippen LogP contribution in [0.1, 0.15) is 12.5 Å². The van der Waals surface area contributed by atoms with Gasteiger partial charge in [-0.05, 0) is 19.1 Å². The fourth-order valence-electron chi connectivity index (χ4n) is 1.76. The minimum Gasteiger partial charge on any atom is -0.429 e. The lowest BCUT2D eigenvalue weighted by atomic mass is 9.95. The molecule has 0 bridgehead atoms. The zero-order chi connectivity index (χ0) is 14.2. The minimum atomic E-state index is -1.90.